The van der Waals surface area contributed by atoms with Crippen molar-refractivity contribution in [2.75, 3.05) is 0 Å². The minimum Gasteiger partial charge on any atom is -0.388 e. The summed E-state index contributed by atoms with van der Waals surface area (Å²) in [4.78, 5) is 0. The number of rotatable bonds is 6. The highest BCUT2D eigenvalue weighted by Gasteiger charge is 2.40. The van der Waals surface area contributed by atoms with E-state index in [0.29, 0.717) is 0 Å². The van der Waals surface area contributed by atoms with Crippen LogP contribution in [0.2, 0.25) is 6.04 Å². The molecule has 0 heterocycles. The Morgan fingerprint density at radius 1 is 0.941 bits per heavy atom. The monoisotopic (exact) mass is 252 g/mol. The van der Waals surface area contributed by atoms with E-state index in [1.54, 1.807) is 0 Å². The molecule has 96 valence electrons. The molecule has 0 spiro atoms. The third-order valence-corrected chi connectivity index (χ3v) is 6.38. The maximum atomic E-state index is 6.20. The van der Waals surface area contributed by atoms with Gasteiger partial charge in [0.1, 0.15) is 0 Å². The molecule has 2 nitrogen and oxygen atoms in total. The van der Waals surface area contributed by atoms with Gasteiger partial charge < -0.3 is 8.85 Å². The van der Waals surface area contributed by atoms with Gasteiger partial charge in [-0.25, -0.2) is 0 Å². The van der Waals surface area contributed by atoms with Gasteiger partial charge in [-0.1, -0.05) is 37.3 Å². The average molecular weight is 252 g/mol. The summed E-state index contributed by atoms with van der Waals surface area (Å²) in [7, 11) is -2.27. The molecule has 0 saturated heterocycles. The Bertz CT molecular complexity index is 312. The maximum absolute atomic E-state index is 6.20. The smallest absolute Gasteiger partial charge is 0.372 e. The summed E-state index contributed by atoms with van der Waals surface area (Å²) in [5, 5.41) is 1.23. The van der Waals surface area contributed by atoms with Crippen molar-refractivity contribution in [1.29, 1.82) is 0 Å². The molecule has 1 rings (SSSR count). The summed E-state index contributed by atoms with van der Waals surface area (Å²) in [6.07, 6.45) is 0.390. The second-order valence-electron chi connectivity index (χ2n) is 4.81. The fourth-order valence-electron chi connectivity index (χ4n) is 1.99. The van der Waals surface area contributed by atoms with Gasteiger partial charge in [0.15, 0.2) is 0 Å². The molecule has 0 aliphatic rings. The van der Waals surface area contributed by atoms with Gasteiger partial charge in [0, 0.05) is 12.2 Å². The van der Waals surface area contributed by atoms with Gasteiger partial charge in [0.05, 0.1) is 0 Å². The lowest BCUT2D eigenvalue weighted by atomic mass is 10.4. The van der Waals surface area contributed by atoms with E-state index in [2.05, 4.69) is 58.9 Å². The first kappa shape index (κ1) is 14.4. The average Bonchev–Trinajstić information content (AvgIpc) is 2.28. The summed E-state index contributed by atoms with van der Waals surface area (Å²) < 4.78 is 12.4. The van der Waals surface area contributed by atoms with Crippen LogP contribution in [0.3, 0.4) is 0 Å². The topological polar surface area (TPSA) is 18.5 Å². The molecule has 0 saturated carbocycles. The molecule has 0 N–H and O–H groups in total. The van der Waals surface area contributed by atoms with E-state index in [1.165, 1.54) is 5.19 Å². The largest absolute Gasteiger partial charge is 0.388 e. The summed E-state index contributed by atoms with van der Waals surface area (Å²) in [6, 6.07) is 11.3. The van der Waals surface area contributed by atoms with Crippen molar-refractivity contribution in [1.82, 2.24) is 0 Å². The predicted molar refractivity (Wildman–Crippen MR) is 74.8 cm³/mol. The highest BCUT2D eigenvalue weighted by Crippen LogP contribution is 2.18. The summed E-state index contributed by atoms with van der Waals surface area (Å²) in [5.41, 5.74) is 0. The lowest BCUT2D eigenvalue weighted by molar-refractivity contribution is 0.116. The van der Waals surface area contributed by atoms with Crippen LogP contribution in [-0.4, -0.2) is 20.8 Å². The molecule has 0 unspecified atom stereocenters. The highest BCUT2D eigenvalue weighted by molar-refractivity contribution is 6.81. The standard InChI is InChI=1S/C14H24O2Si/c1-6-17(15-12(2)3,16-13(4)5)14-10-8-7-9-11-14/h7-13H,6H2,1-5H3. The van der Waals surface area contributed by atoms with Gasteiger partial charge >= 0.3 is 8.56 Å². The van der Waals surface area contributed by atoms with Crippen molar-refractivity contribution >= 4 is 13.7 Å². The molecule has 0 aromatic heterocycles. The number of hydrogen-bond acceptors (Lipinski definition) is 2. The van der Waals surface area contributed by atoms with Crippen LogP contribution in [0, 0.1) is 0 Å². The van der Waals surface area contributed by atoms with Gasteiger partial charge in [0.25, 0.3) is 0 Å². The molecular weight excluding hydrogens is 228 g/mol. The zero-order valence-corrected chi connectivity index (χ0v) is 12.6. The van der Waals surface area contributed by atoms with E-state index in [1.807, 2.05) is 6.07 Å². The SMILES string of the molecule is CC[Si](OC(C)C)(OC(C)C)c1ccccc1. The molecule has 0 atom stereocenters. The van der Waals surface area contributed by atoms with Crippen LogP contribution in [0.15, 0.2) is 30.3 Å². The molecule has 0 bridgehead atoms. The highest BCUT2D eigenvalue weighted by atomic mass is 28.4. The number of benzene rings is 1. The molecule has 0 aliphatic carbocycles. The first-order valence-electron chi connectivity index (χ1n) is 6.41. The molecule has 17 heavy (non-hydrogen) atoms. The van der Waals surface area contributed by atoms with E-state index in [-0.39, 0.29) is 12.2 Å². The number of hydrogen-bond donors (Lipinski definition) is 0. The molecule has 3 heteroatoms. The quantitative estimate of drug-likeness (QED) is 0.724. The first-order valence-corrected chi connectivity index (χ1v) is 8.43. The third-order valence-electron chi connectivity index (χ3n) is 2.53. The normalized spacial score (nSPS) is 12.4. The van der Waals surface area contributed by atoms with Crippen molar-refractivity contribution in [3.05, 3.63) is 30.3 Å². The van der Waals surface area contributed by atoms with Crippen LogP contribution in [0.1, 0.15) is 34.6 Å². The van der Waals surface area contributed by atoms with Crippen LogP contribution in [0.25, 0.3) is 0 Å². The molecule has 1 aromatic rings. The van der Waals surface area contributed by atoms with Crippen LogP contribution >= 0.6 is 0 Å². The Balaban J connectivity index is 3.06. The lowest BCUT2D eigenvalue weighted by Gasteiger charge is -2.33. The van der Waals surface area contributed by atoms with E-state index in [0.717, 1.165) is 6.04 Å². The van der Waals surface area contributed by atoms with Crippen molar-refractivity contribution in [3.63, 3.8) is 0 Å². The van der Waals surface area contributed by atoms with E-state index >= 15 is 0 Å². The Hall–Kier alpha value is -0.643. The van der Waals surface area contributed by atoms with Gasteiger partial charge in [-0.3, -0.25) is 0 Å². The summed E-state index contributed by atoms with van der Waals surface area (Å²) in [5.74, 6) is 0. The van der Waals surface area contributed by atoms with Crippen molar-refractivity contribution < 1.29 is 8.85 Å². The Kier molecular flexibility index (Phi) is 5.37. The van der Waals surface area contributed by atoms with Gasteiger partial charge in [-0.2, -0.15) is 0 Å². The van der Waals surface area contributed by atoms with Crippen LogP contribution in [0.4, 0.5) is 0 Å². The Labute approximate surface area is 106 Å². The molecule has 0 fully saturated rings. The third kappa shape index (κ3) is 3.94. The minimum atomic E-state index is -2.27. The Morgan fingerprint density at radius 2 is 1.41 bits per heavy atom. The zero-order valence-electron chi connectivity index (χ0n) is 11.6. The first-order chi connectivity index (χ1) is 8.00. The van der Waals surface area contributed by atoms with E-state index in [4.69, 9.17) is 8.85 Å². The van der Waals surface area contributed by atoms with E-state index < -0.39 is 8.56 Å². The maximum Gasteiger partial charge on any atom is 0.372 e. The fraction of sp³-hybridized carbons (Fsp3) is 0.571. The molecule has 0 aliphatic heterocycles. The van der Waals surface area contributed by atoms with Crippen LogP contribution < -0.4 is 5.19 Å². The molecular formula is C14H24O2Si. The van der Waals surface area contributed by atoms with Crippen LogP contribution in [-0.2, 0) is 8.85 Å². The van der Waals surface area contributed by atoms with Crippen molar-refractivity contribution in [2.24, 2.45) is 0 Å². The van der Waals surface area contributed by atoms with Gasteiger partial charge in [0.2, 0.25) is 0 Å². The molecule has 0 amide bonds. The van der Waals surface area contributed by atoms with Crippen molar-refractivity contribution in [3.8, 4) is 0 Å². The van der Waals surface area contributed by atoms with E-state index in [9.17, 15) is 0 Å². The summed E-state index contributed by atoms with van der Waals surface area (Å²) in [6.45, 7) is 10.5. The summed E-state index contributed by atoms with van der Waals surface area (Å²) >= 11 is 0. The van der Waals surface area contributed by atoms with Crippen LogP contribution in [0.5, 0.6) is 0 Å². The molecule has 1 aromatic carbocycles. The Morgan fingerprint density at radius 3 is 1.76 bits per heavy atom. The molecule has 0 radical (unpaired) electrons. The zero-order chi connectivity index (χ0) is 12.9. The second-order valence-corrected chi connectivity index (χ2v) is 8.07. The predicted octanol–water partition coefficient (Wildman–Crippen LogP) is 3.21. The van der Waals surface area contributed by atoms with Gasteiger partial charge in [-0.05, 0) is 38.9 Å². The van der Waals surface area contributed by atoms with Crippen molar-refractivity contribution in [2.45, 2.75) is 52.9 Å². The van der Waals surface area contributed by atoms with Gasteiger partial charge in [-0.15, -0.1) is 0 Å². The lowest BCUT2D eigenvalue weighted by Crippen LogP contribution is -2.55. The minimum absolute atomic E-state index is 0.195. The fourth-order valence-corrected chi connectivity index (χ4v) is 5.28. The second kappa shape index (κ2) is 6.33.